The van der Waals surface area contributed by atoms with Crippen molar-refractivity contribution in [1.29, 1.82) is 5.26 Å². The van der Waals surface area contributed by atoms with E-state index >= 15 is 0 Å². The number of carbonyl (C=O) groups excluding carboxylic acids is 1. The van der Waals surface area contributed by atoms with E-state index in [0.717, 1.165) is 16.5 Å². The van der Waals surface area contributed by atoms with Gasteiger partial charge in [-0.05, 0) is 18.1 Å². The molecule has 1 aliphatic heterocycles. The molecule has 3 heterocycles. The molecule has 134 valence electrons. The highest BCUT2D eigenvalue weighted by Crippen LogP contribution is 2.33. The van der Waals surface area contributed by atoms with E-state index in [-0.39, 0.29) is 6.03 Å². The van der Waals surface area contributed by atoms with E-state index in [9.17, 15) is 10.1 Å². The maximum absolute atomic E-state index is 13.2. The molecule has 0 aliphatic carbocycles. The number of carbonyl (C=O) groups is 1. The number of nitrogens with zero attached hydrogens (tertiary/aromatic N) is 5. The highest BCUT2D eigenvalue weighted by atomic mass is 16.2. The molecule has 0 saturated carbocycles. The van der Waals surface area contributed by atoms with Gasteiger partial charge in [-0.15, -0.1) is 0 Å². The first kappa shape index (κ1) is 17.0. The van der Waals surface area contributed by atoms with E-state index in [4.69, 9.17) is 0 Å². The Morgan fingerprint density at radius 3 is 2.67 bits per heavy atom. The molecule has 1 saturated heterocycles. The molecule has 0 bridgehead atoms. The van der Waals surface area contributed by atoms with Crippen molar-refractivity contribution >= 4 is 28.2 Å². The summed E-state index contributed by atoms with van der Waals surface area (Å²) in [6.07, 6.45) is 5.10. The highest BCUT2D eigenvalue weighted by molar-refractivity contribution is 6.11. The van der Waals surface area contributed by atoms with Crippen LogP contribution in [0.25, 0.3) is 10.8 Å². The lowest BCUT2D eigenvalue weighted by Gasteiger charge is -2.21. The number of pyridine rings is 2. The third kappa shape index (κ3) is 2.87. The van der Waals surface area contributed by atoms with Crippen LogP contribution in [-0.4, -0.2) is 28.6 Å². The molecule has 6 nitrogen and oxygen atoms in total. The second-order valence-corrected chi connectivity index (χ2v) is 6.88. The zero-order chi connectivity index (χ0) is 19.0. The number of fused-ring (bicyclic) bond motifs is 1. The lowest BCUT2D eigenvalue weighted by Crippen LogP contribution is -2.34. The van der Waals surface area contributed by atoms with Gasteiger partial charge in [0.15, 0.2) is 0 Å². The lowest BCUT2D eigenvalue weighted by atomic mass is 10.1. The SMILES string of the molecule is CC(C)c1ccc(N2CC(C#N)N(c3cncc4ccccc34)C2=O)cn1. The van der Waals surface area contributed by atoms with Crippen LogP contribution < -0.4 is 9.80 Å². The maximum atomic E-state index is 13.2. The Bertz CT molecular complexity index is 1030. The Morgan fingerprint density at radius 2 is 1.96 bits per heavy atom. The van der Waals surface area contributed by atoms with Crippen molar-refractivity contribution in [2.45, 2.75) is 25.8 Å². The smallest absolute Gasteiger partial charge is 0.289 e. The summed E-state index contributed by atoms with van der Waals surface area (Å²) in [7, 11) is 0. The van der Waals surface area contributed by atoms with Crippen molar-refractivity contribution < 1.29 is 4.79 Å². The number of anilines is 2. The van der Waals surface area contributed by atoms with Crippen LogP contribution in [0.4, 0.5) is 16.2 Å². The molecule has 0 N–H and O–H groups in total. The van der Waals surface area contributed by atoms with Gasteiger partial charge in [-0.2, -0.15) is 5.26 Å². The van der Waals surface area contributed by atoms with Gasteiger partial charge in [0.2, 0.25) is 0 Å². The summed E-state index contributed by atoms with van der Waals surface area (Å²) in [5, 5.41) is 11.5. The van der Waals surface area contributed by atoms with Crippen LogP contribution in [0.5, 0.6) is 0 Å². The molecule has 3 aromatic rings. The van der Waals surface area contributed by atoms with Gasteiger partial charge in [0.05, 0.1) is 36.4 Å². The van der Waals surface area contributed by atoms with E-state index in [1.54, 1.807) is 23.5 Å². The van der Waals surface area contributed by atoms with Crippen molar-refractivity contribution in [2.24, 2.45) is 0 Å². The molecule has 1 unspecified atom stereocenters. The number of aromatic nitrogens is 2. The zero-order valence-corrected chi connectivity index (χ0v) is 15.2. The number of urea groups is 1. The van der Waals surface area contributed by atoms with Crippen molar-refractivity contribution in [3.8, 4) is 6.07 Å². The fraction of sp³-hybridized carbons (Fsp3) is 0.238. The Hall–Kier alpha value is -3.46. The molecule has 0 spiro atoms. The van der Waals surface area contributed by atoms with E-state index in [1.165, 1.54) is 4.90 Å². The zero-order valence-electron chi connectivity index (χ0n) is 15.2. The third-order valence-electron chi connectivity index (χ3n) is 4.83. The van der Waals surface area contributed by atoms with Gasteiger partial charge in [0, 0.05) is 22.7 Å². The van der Waals surface area contributed by atoms with Gasteiger partial charge in [-0.3, -0.25) is 19.8 Å². The van der Waals surface area contributed by atoms with Crippen LogP contribution in [0, 0.1) is 11.3 Å². The molecular weight excluding hydrogens is 338 g/mol. The van der Waals surface area contributed by atoms with Crippen LogP contribution in [0.15, 0.2) is 55.0 Å². The topological polar surface area (TPSA) is 73.1 Å². The lowest BCUT2D eigenvalue weighted by molar-refractivity contribution is 0.255. The molecule has 4 rings (SSSR count). The summed E-state index contributed by atoms with van der Waals surface area (Å²) in [5.41, 5.74) is 2.32. The second kappa shape index (κ2) is 6.69. The predicted molar refractivity (Wildman–Crippen MR) is 105 cm³/mol. The average molecular weight is 357 g/mol. The summed E-state index contributed by atoms with van der Waals surface area (Å²) in [6.45, 7) is 4.44. The minimum Gasteiger partial charge on any atom is -0.289 e. The number of hydrogen-bond donors (Lipinski definition) is 0. The standard InChI is InChI=1S/C21H19N5O/c1-14(2)19-8-7-16(11-24-19)25-13-17(9-22)26(21(25)27)20-12-23-10-15-5-3-4-6-18(15)20/h3-8,10-12,14,17H,13H2,1-2H3. The summed E-state index contributed by atoms with van der Waals surface area (Å²) in [4.78, 5) is 25.0. The van der Waals surface area contributed by atoms with Crippen LogP contribution in [-0.2, 0) is 0 Å². The van der Waals surface area contributed by atoms with Crippen molar-refractivity contribution in [1.82, 2.24) is 9.97 Å². The van der Waals surface area contributed by atoms with Crippen LogP contribution in [0.3, 0.4) is 0 Å². The van der Waals surface area contributed by atoms with E-state index in [2.05, 4.69) is 29.9 Å². The molecule has 1 fully saturated rings. The van der Waals surface area contributed by atoms with E-state index in [0.29, 0.717) is 23.8 Å². The Morgan fingerprint density at radius 1 is 1.15 bits per heavy atom. The summed E-state index contributed by atoms with van der Waals surface area (Å²) < 4.78 is 0. The minimum absolute atomic E-state index is 0.237. The quantitative estimate of drug-likeness (QED) is 0.707. The van der Waals surface area contributed by atoms with Crippen LogP contribution in [0.1, 0.15) is 25.5 Å². The highest BCUT2D eigenvalue weighted by Gasteiger charge is 2.40. The second-order valence-electron chi connectivity index (χ2n) is 6.88. The van der Waals surface area contributed by atoms with E-state index < -0.39 is 6.04 Å². The van der Waals surface area contributed by atoms with Crippen molar-refractivity contribution in [3.63, 3.8) is 0 Å². The maximum Gasteiger partial charge on any atom is 0.330 e. The number of benzene rings is 1. The van der Waals surface area contributed by atoms with Gasteiger partial charge in [-0.25, -0.2) is 4.79 Å². The normalized spacial score (nSPS) is 17.0. The predicted octanol–water partition coefficient (Wildman–Crippen LogP) is 4.09. The molecule has 2 amide bonds. The number of rotatable bonds is 3. The monoisotopic (exact) mass is 357 g/mol. The Labute approximate surface area is 157 Å². The fourth-order valence-electron chi connectivity index (χ4n) is 3.37. The summed E-state index contributed by atoms with van der Waals surface area (Å²) in [6, 6.07) is 13.0. The molecule has 1 aromatic carbocycles. The average Bonchev–Trinajstić information content (AvgIpc) is 3.03. The largest absolute Gasteiger partial charge is 0.330 e. The minimum atomic E-state index is -0.588. The van der Waals surface area contributed by atoms with Gasteiger partial charge in [0.25, 0.3) is 0 Å². The Kier molecular flexibility index (Phi) is 4.21. The third-order valence-corrected chi connectivity index (χ3v) is 4.83. The fourth-order valence-corrected chi connectivity index (χ4v) is 3.37. The first-order valence-electron chi connectivity index (χ1n) is 8.89. The summed E-state index contributed by atoms with van der Waals surface area (Å²) in [5.74, 6) is 0.318. The molecular formula is C21H19N5O. The van der Waals surface area contributed by atoms with Gasteiger partial charge >= 0.3 is 6.03 Å². The molecule has 0 radical (unpaired) electrons. The van der Waals surface area contributed by atoms with Crippen LogP contribution in [0.2, 0.25) is 0 Å². The molecule has 2 aromatic heterocycles. The molecule has 1 aliphatic rings. The Balaban J connectivity index is 1.74. The summed E-state index contributed by atoms with van der Waals surface area (Å²) >= 11 is 0. The number of amides is 2. The van der Waals surface area contributed by atoms with Crippen molar-refractivity contribution in [3.05, 3.63) is 60.7 Å². The number of nitriles is 1. The van der Waals surface area contributed by atoms with E-state index in [1.807, 2.05) is 36.4 Å². The van der Waals surface area contributed by atoms with Crippen LogP contribution >= 0.6 is 0 Å². The first-order chi connectivity index (χ1) is 13.1. The van der Waals surface area contributed by atoms with Gasteiger partial charge < -0.3 is 0 Å². The molecule has 1 atom stereocenters. The first-order valence-corrected chi connectivity index (χ1v) is 8.89. The molecule has 6 heteroatoms. The van der Waals surface area contributed by atoms with Crippen molar-refractivity contribution in [2.75, 3.05) is 16.3 Å². The van der Waals surface area contributed by atoms with Gasteiger partial charge in [-0.1, -0.05) is 38.1 Å². The van der Waals surface area contributed by atoms with Gasteiger partial charge in [0.1, 0.15) is 6.04 Å². The number of hydrogen-bond acceptors (Lipinski definition) is 4. The molecule has 27 heavy (non-hydrogen) atoms.